The third-order valence-electron chi connectivity index (χ3n) is 3.32. The summed E-state index contributed by atoms with van der Waals surface area (Å²) in [5, 5.41) is 4.11. The Morgan fingerprint density at radius 2 is 2.42 bits per heavy atom. The minimum Gasteiger partial charge on any atom is -0.337 e. The van der Waals surface area contributed by atoms with E-state index < -0.39 is 0 Å². The molecule has 0 aromatic carbocycles. The van der Waals surface area contributed by atoms with Crippen LogP contribution in [0.25, 0.3) is 0 Å². The van der Waals surface area contributed by atoms with Gasteiger partial charge in [-0.15, -0.1) is 11.3 Å². The van der Waals surface area contributed by atoms with Gasteiger partial charge in [0.1, 0.15) is 0 Å². The van der Waals surface area contributed by atoms with E-state index in [0.29, 0.717) is 13.0 Å². The van der Waals surface area contributed by atoms with Gasteiger partial charge in [0.25, 0.3) is 0 Å². The number of hydrogen-bond acceptors (Lipinski definition) is 3. The van der Waals surface area contributed by atoms with Crippen molar-refractivity contribution in [2.75, 3.05) is 6.54 Å². The number of carbonyl (C=O) groups excluding carboxylic acids is 1. The molecule has 2 aromatic rings. The Labute approximate surface area is 124 Å². The van der Waals surface area contributed by atoms with Gasteiger partial charge in [0.05, 0.1) is 10.3 Å². The van der Waals surface area contributed by atoms with E-state index in [0.717, 1.165) is 23.3 Å². The molecule has 0 spiro atoms. The Balaban J connectivity index is 1.59. The SMILES string of the molecule is O=C(CCn1cccn1)N1CCc2cc(Br)sc2C1. The van der Waals surface area contributed by atoms with E-state index in [4.69, 9.17) is 0 Å². The summed E-state index contributed by atoms with van der Waals surface area (Å²) in [6.45, 7) is 2.24. The molecule has 0 atom stereocenters. The summed E-state index contributed by atoms with van der Waals surface area (Å²) >= 11 is 5.24. The van der Waals surface area contributed by atoms with Crippen LogP contribution in [0.1, 0.15) is 16.9 Å². The summed E-state index contributed by atoms with van der Waals surface area (Å²) in [5.41, 5.74) is 1.38. The number of carbonyl (C=O) groups is 1. The number of hydrogen-bond donors (Lipinski definition) is 0. The number of thiophene rings is 1. The molecule has 3 rings (SSSR count). The number of aromatic nitrogens is 2. The molecule has 0 fully saturated rings. The molecular formula is C13H14BrN3OS. The van der Waals surface area contributed by atoms with Crippen LogP contribution in [-0.4, -0.2) is 27.1 Å². The van der Waals surface area contributed by atoms with E-state index >= 15 is 0 Å². The first-order valence-corrected chi connectivity index (χ1v) is 7.85. The van der Waals surface area contributed by atoms with Gasteiger partial charge < -0.3 is 4.90 Å². The zero-order chi connectivity index (χ0) is 13.2. The van der Waals surface area contributed by atoms with Crippen LogP contribution in [0.3, 0.4) is 0 Å². The van der Waals surface area contributed by atoms with Crippen LogP contribution >= 0.6 is 27.3 Å². The van der Waals surface area contributed by atoms with E-state index in [1.165, 1.54) is 10.4 Å². The van der Waals surface area contributed by atoms with Crippen LogP contribution in [-0.2, 0) is 24.3 Å². The number of fused-ring (bicyclic) bond motifs is 1. The minimum absolute atomic E-state index is 0.214. The average Bonchev–Trinajstić information content (AvgIpc) is 3.02. The van der Waals surface area contributed by atoms with Crippen LogP contribution in [0.5, 0.6) is 0 Å². The first-order valence-electron chi connectivity index (χ1n) is 6.24. The van der Waals surface area contributed by atoms with Crippen molar-refractivity contribution in [1.29, 1.82) is 0 Å². The van der Waals surface area contributed by atoms with Gasteiger partial charge in [-0.1, -0.05) is 0 Å². The van der Waals surface area contributed by atoms with Crippen molar-refractivity contribution >= 4 is 33.2 Å². The Morgan fingerprint density at radius 1 is 1.53 bits per heavy atom. The normalized spacial score (nSPS) is 14.5. The van der Waals surface area contributed by atoms with Gasteiger partial charge in [-0.2, -0.15) is 5.10 Å². The molecule has 1 aliphatic rings. The predicted molar refractivity (Wildman–Crippen MR) is 78.0 cm³/mol. The van der Waals surface area contributed by atoms with Crippen molar-refractivity contribution in [2.24, 2.45) is 0 Å². The first-order chi connectivity index (χ1) is 9.22. The highest BCUT2D eigenvalue weighted by atomic mass is 79.9. The van der Waals surface area contributed by atoms with Gasteiger partial charge in [-0.3, -0.25) is 9.48 Å². The monoisotopic (exact) mass is 339 g/mol. The second kappa shape index (κ2) is 5.46. The van der Waals surface area contributed by atoms with Gasteiger partial charge in [-0.25, -0.2) is 0 Å². The summed E-state index contributed by atoms with van der Waals surface area (Å²) in [6, 6.07) is 4.05. The Hall–Kier alpha value is -1.14. The third kappa shape index (κ3) is 2.90. The Morgan fingerprint density at radius 3 is 3.21 bits per heavy atom. The molecule has 0 aliphatic carbocycles. The van der Waals surface area contributed by atoms with Gasteiger partial charge >= 0.3 is 0 Å². The fourth-order valence-electron chi connectivity index (χ4n) is 2.30. The topological polar surface area (TPSA) is 38.1 Å². The quantitative estimate of drug-likeness (QED) is 0.862. The molecule has 1 aliphatic heterocycles. The molecule has 19 heavy (non-hydrogen) atoms. The average molecular weight is 340 g/mol. The second-order valence-corrected chi connectivity index (χ2v) is 7.10. The molecule has 0 bridgehead atoms. The number of halogens is 1. The lowest BCUT2D eigenvalue weighted by molar-refractivity contribution is -0.132. The van der Waals surface area contributed by atoms with Gasteiger partial charge in [0.2, 0.25) is 5.91 Å². The third-order valence-corrected chi connectivity index (χ3v) is 4.98. The largest absolute Gasteiger partial charge is 0.337 e. The summed E-state index contributed by atoms with van der Waals surface area (Å²) in [7, 11) is 0. The molecule has 0 N–H and O–H groups in total. The molecule has 0 radical (unpaired) electrons. The fourth-order valence-corrected chi connectivity index (χ4v) is 4.11. The molecule has 4 nitrogen and oxygen atoms in total. The lowest BCUT2D eigenvalue weighted by Gasteiger charge is -2.26. The minimum atomic E-state index is 0.214. The summed E-state index contributed by atoms with van der Waals surface area (Å²) in [6.07, 6.45) is 5.10. The van der Waals surface area contributed by atoms with Crippen molar-refractivity contribution in [2.45, 2.75) is 25.9 Å². The number of nitrogens with zero attached hydrogens (tertiary/aromatic N) is 3. The molecule has 2 aromatic heterocycles. The van der Waals surface area contributed by atoms with E-state index in [1.54, 1.807) is 22.2 Å². The number of amides is 1. The van der Waals surface area contributed by atoms with E-state index in [-0.39, 0.29) is 5.91 Å². The first kappa shape index (κ1) is 12.9. The van der Waals surface area contributed by atoms with Crippen molar-refractivity contribution in [3.05, 3.63) is 38.8 Å². The standard InChI is InChI=1S/C13H14BrN3OS/c14-12-8-10-2-6-16(9-11(10)19-12)13(18)3-7-17-5-1-4-15-17/h1,4-5,8H,2-3,6-7,9H2. The zero-order valence-electron chi connectivity index (χ0n) is 10.4. The maximum Gasteiger partial charge on any atom is 0.224 e. The van der Waals surface area contributed by atoms with Gasteiger partial charge in [0.15, 0.2) is 0 Å². The molecule has 0 unspecified atom stereocenters. The second-order valence-electron chi connectivity index (χ2n) is 4.58. The van der Waals surface area contributed by atoms with Crippen molar-refractivity contribution < 1.29 is 4.79 Å². The van der Waals surface area contributed by atoms with Gasteiger partial charge in [0, 0.05) is 36.8 Å². The number of aryl methyl sites for hydroxylation is 1. The molecule has 0 saturated heterocycles. The molecule has 6 heteroatoms. The van der Waals surface area contributed by atoms with E-state index in [9.17, 15) is 4.79 Å². The molecule has 1 amide bonds. The summed E-state index contributed by atoms with van der Waals surface area (Å²) in [5.74, 6) is 0.214. The zero-order valence-corrected chi connectivity index (χ0v) is 12.8. The van der Waals surface area contributed by atoms with Crippen LogP contribution in [0.2, 0.25) is 0 Å². The smallest absolute Gasteiger partial charge is 0.224 e. The lowest BCUT2D eigenvalue weighted by atomic mass is 10.1. The van der Waals surface area contributed by atoms with Crippen LogP contribution in [0.15, 0.2) is 28.3 Å². The van der Waals surface area contributed by atoms with Crippen LogP contribution in [0, 0.1) is 0 Å². The fraction of sp³-hybridized carbons (Fsp3) is 0.385. The van der Waals surface area contributed by atoms with Crippen molar-refractivity contribution in [1.82, 2.24) is 14.7 Å². The van der Waals surface area contributed by atoms with Crippen molar-refractivity contribution in [3.63, 3.8) is 0 Å². The maximum atomic E-state index is 12.2. The highest BCUT2D eigenvalue weighted by Crippen LogP contribution is 2.31. The molecular weight excluding hydrogens is 326 g/mol. The molecule has 3 heterocycles. The van der Waals surface area contributed by atoms with E-state index in [1.807, 2.05) is 17.2 Å². The lowest BCUT2D eigenvalue weighted by Crippen LogP contribution is -2.35. The van der Waals surface area contributed by atoms with Crippen molar-refractivity contribution in [3.8, 4) is 0 Å². The Bertz CT molecular complexity index is 579. The number of rotatable bonds is 3. The Kier molecular flexibility index (Phi) is 3.70. The molecule has 100 valence electrons. The van der Waals surface area contributed by atoms with Crippen LogP contribution < -0.4 is 0 Å². The van der Waals surface area contributed by atoms with E-state index in [2.05, 4.69) is 27.1 Å². The highest BCUT2D eigenvalue weighted by molar-refractivity contribution is 9.11. The summed E-state index contributed by atoms with van der Waals surface area (Å²) in [4.78, 5) is 15.5. The van der Waals surface area contributed by atoms with Gasteiger partial charge in [-0.05, 0) is 40.0 Å². The predicted octanol–water partition coefficient (Wildman–Crippen LogP) is 2.68. The van der Waals surface area contributed by atoms with Crippen LogP contribution in [0.4, 0.5) is 0 Å². The highest BCUT2D eigenvalue weighted by Gasteiger charge is 2.22. The summed E-state index contributed by atoms with van der Waals surface area (Å²) < 4.78 is 2.96. The molecule has 0 saturated carbocycles. The maximum absolute atomic E-state index is 12.2.